The quantitative estimate of drug-likeness (QED) is 0.379. The van der Waals surface area contributed by atoms with Gasteiger partial charge in [-0.05, 0) is 45.4 Å². The average molecular weight is 363 g/mol. The molecule has 0 amide bonds. The summed E-state index contributed by atoms with van der Waals surface area (Å²) >= 11 is 0. The van der Waals surface area contributed by atoms with Crippen molar-refractivity contribution in [3.8, 4) is 5.75 Å². The topological polar surface area (TPSA) is 58.1 Å². The first-order valence-corrected chi connectivity index (χ1v) is 9.67. The maximum absolute atomic E-state index is 5.76. The van der Waals surface area contributed by atoms with Crippen molar-refractivity contribution in [3.05, 3.63) is 29.8 Å². The van der Waals surface area contributed by atoms with Crippen LogP contribution in [-0.4, -0.2) is 69.9 Å². The molecule has 0 spiro atoms. The minimum atomic E-state index is 0.518. The third-order valence-electron chi connectivity index (χ3n) is 4.57. The fraction of sp³-hybridized carbons (Fsp3) is 0.650. The lowest BCUT2D eigenvalue weighted by Gasteiger charge is -2.23. The first-order valence-electron chi connectivity index (χ1n) is 9.67. The molecule has 0 aromatic heterocycles. The van der Waals surface area contributed by atoms with Crippen molar-refractivity contribution in [1.29, 1.82) is 0 Å². The molecule has 1 fully saturated rings. The smallest absolute Gasteiger partial charge is 0.191 e. The van der Waals surface area contributed by atoms with E-state index in [1.807, 2.05) is 12.1 Å². The molecule has 1 atom stereocenters. The zero-order valence-corrected chi connectivity index (χ0v) is 16.5. The van der Waals surface area contributed by atoms with E-state index in [9.17, 15) is 0 Å². The minimum absolute atomic E-state index is 0.518. The highest BCUT2D eigenvalue weighted by Crippen LogP contribution is 2.16. The lowest BCUT2D eigenvalue weighted by atomic mass is 10.2. The largest absolute Gasteiger partial charge is 0.492 e. The van der Waals surface area contributed by atoms with Crippen LogP contribution in [0, 0.1) is 6.92 Å². The number of hydrogen-bond acceptors (Lipinski definition) is 4. The van der Waals surface area contributed by atoms with Crippen LogP contribution in [0.5, 0.6) is 5.75 Å². The van der Waals surface area contributed by atoms with E-state index in [2.05, 4.69) is 41.5 Å². The van der Waals surface area contributed by atoms with Crippen LogP contribution in [0.1, 0.15) is 25.3 Å². The number of benzene rings is 1. The van der Waals surface area contributed by atoms with E-state index < -0.39 is 0 Å². The number of rotatable bonds is 10. The van der Waals surface area contributed by atoms with Crippen molar-refractivity contribution in [2.45, 2.75) is 32.7 Å². The van der Waals surface area contributed by atoms with Crippen molar-refractivity contribution < 1.29 is 9.47 Å². The second-order valence-electron chi connectivity index (χ2n) is 6.63. The van der Waals surface area contributed by atoms with E-state index >= 15 is 0 Å². The summed E-state index contributed by atoms with van der Waals surface area (Å²) in [5.74, 6) is 1.76. The van der Waals surface area contributed by atoms with Crippen molar-refractivity contribution >= 4 is 5.96 Å². The first kappa shape index (κ1) is 20.5. The molecular formula is C20H34N4O2. The van der Waals surface area contributed by atoms with Gasteiger partial charge in [0.15, 0.2) is 5.96 Å². The Hall–Kier alpha value is -1.79. The van der Waals surface area contributed by atoms with Gasteiger partial charge in [0.25, 0.3) is 0 Å². The number of nitrogens with zero attached hydrogens (tertiary/aromatic N) is 2. The number of hydrogen-bond donors (Lipinski definition) is 2. The highest BCUT2D eigenvalue weighted by molar-refractivity contribution is 5.79. The molecule has 1 unspecified atom stereocenters. The van der Waals surface area contributed by atoms with Gasteiger partial charge in [-0.3, -0.25) is 9.89 Å². The van der Waals surface area contributed by atoms with Crippen LogP contribution in [0.2, 0.25) is 0 Å². The predicted molar refractivity (Wildman–Crippen MR) is 107 cm³/mol. The number of likely N-dealkylation sites (tertiary alicyclic amines) is 1. The Bertz CT molecular complexity index is 533. The van der Waals surface area contributed by atoms with Crippen LogP contribution >= 0.6 is 0 Å². The molecule has 1 saturated heterocycles. The molecule has 1 aliphatic heterocycles. The van der Waals surface area contributed by atoms with Gasteiger partial charge in [0.05, 0.1) is 19.7 Å². The third-order valence-corrected chi connectivity index (χ3v) is 4.57. The van der Waals surface area contributed by atoms with Crippen molar-refractivity contribution in [2.24, 2.45) is 4.99 Å². The summed E-state index contributed by atoms with van der Waals surface area (Å²) in [6.07, 6.45) is 2.46. The summed E-state index contributed by atoms with van der Waals surface area (Å²) in [7, 11) is 1.76. The summed E-state index contributed by atoms with van der Waals surface area (Å²) in [6, 6.07) is 8.65. The monoisotopic (exact) mass is 362 g/mol. The zero-order chi connectivity index (χ0) is 18.6. The number of nitrogens with one attached hydrogen (secondary N) is 2. The Morgan fingerprint density at radius 3 is 2.77 bits per heavy atom. The van der Waals surface area contributed by atoms with Gasteiger partial charge in [0.1, 0.15) is 12.4 Å². The van der Waals surface area contributed by atoms with Gasteiger partial charge in [0.2, 0.25) is 0 Å². The molecule has 0 aliphatic carbocycles. The number of aryl methyl sites for hydroxylation is 1. The van der Waals surface area contributed by atoms with Gasteiger partial charge in [-0.2, -0.15) is 0 Å². The van der Waals surface area contributed by atoms with Gasteiger partial charge < -0.3 is 20.1 Å². The molecule has 1 heterocycles. The minimum Gasteiger partial charge on any atom is -0.492 e. The molecule has 1 aromatic carbocycles. The Kier molecular flexibility index (Phi) is 9.28. The van der Waals surface area contributed by atoms with Crippen molar-refractivity contribution in [1.82, 2.24) is 15.5 Å². The zero-order valence-electron chi connectivity index (χ0n) is 16.5. The fourth-order valence-corrected chi connectivity index (χ4v) is 3.12. The molecule has 2 N–H and O–H groups in total. The van der Waals surface area contributed by atoms with Crippen molar-refractivity contribution in [3.63, 3.8) is 0 Å². The summed E-state index contributed by atoms with van der Waals surface area (Å²) in [4.78, 5) is 7.25. The number of ether oxygens (including phenoxy) is 2. The molecule has 0 radical (unpaired) electrons. The Morgan fingerprint density at radius 2 is 2.04 bits per heavy atom. The molecule has 2 rings (SSSR count). The Balaban J connectivity index is 1.74. The van der Waals surface area contributed by atoms with Crippen LogP contribution in [0.4, 0.5) is 0 Å². The maximum atomic E-state index is 5.76. The molecule has 146 valence electrons. The second kappa shape index (κ2) is 11.8. The average Bonchev–Trinajstić information content (AvgIpc) is 3.10. The van der Waals surface area contributed by atoms with Gasteiger partial charge in [-0.1, -0.05) is 17.7 Å². The standard InChI is InChI=1S/C20H34N4O2/c1-4-21-20(22-11-14-26-19-9-7-17(2)8-10-19)23-16-18-6-5-12-24(18)13-15-25-3/h7-10,18H,4-6,11-16H2,1-3H3,(H2,21,22,23). The van der Waals surface area contributed by atoms with Gasteiger partial charge in [-0.15, -0.1) is 0 Å². The summed E-state index contributed by atoms with van der Waals surface area (Å²) in [5.41, 5.74) is 1.24. The van der Waals surface area contributed by atoms with Gasteiger partial charge >= 0.3 is 0 Å². The summed E-state index contributed by atoms with van der Waals surface area (Å²) in [5, 5.41) is 6.67. The number of aliphatic imine (C=N–C) groups is 1. The van der Waals surface area contributed by atoms with Crippen LogP contribution < -0.4 is 15.4 Å². The predicted octanol–water partition coefficient (Wildman–Crippen LogP) is 2.04. The summed E-state index contributed by atoms with van der Waals surface area (Å²) < 4.78 is 11.0. The van der Waals surface area contributed by atoms with Gasteiger partial charge in [-0.25, -0.2) is 0 Å². The Labute approximate surface area is 158 Å². The number of methoxy groups -OCH3 is 1. The van der Waals surface area contributed by atoms with Crippen LogP contribution in [0.25, 0.3) is 0 Å². The van der Waals surface area contributed by atoms with E-state index in [-0.39, 0.29) is 0 Å². The molecule has 0 bridgehead atoms. The Morgan fingerprint density at radius 1 is 1.23 bits per heavy atom. The van der Waals surface area contributed by atoms with E-state index in [1.54, 1.807) is 7.11 Å². The fourth-order valence-electron chi connectivity index (χ4n) is 3.12. The maximum Gasteiger partial charge on any atom is 0.191 e. The van der Waals surface area contributed by atoms with E-state index in [1.165, 1.54) is 18.4 Å². The first-order chi connectivity index (χ1) is 12.7. The van der Waals surface area contributed by atoms with Crippen LogP contribution in [0.15, 0.2) is 29.3 Å². The molecule has 0 saturated carbocycles. The van der Waals surface area contributed by atoms with E-state index in [0.717, 1.165) is 51.0 Å². The van der Waals surface area contributed by atoms with E-state index in [0.29, 0.717) is 12.6 Å². The second-order valence-corrected chi connectivity index (χ2v) is 6.63. The van der Waals surface area contributed by atoms with Crippen LogP contribution in [0.3, 0.4) is 0 Å². The van der Waals surface area contributed by atoms with Gasteiger partial charge in [0, 0.05) is 26.2 Å². The third kappa shape index (κ3) is 7.22. The van der Waals surface area contributed by atoms with E-state index in [4.69, 9.17) is 14.5 Å². The SMILES string of the molecule is CCNC(=NCC1CCCN1CCOC)NCCOc1ccc(C)cc1. The highest BCUT2D eigenvalue weighted by Gasteiger charge is 2.23. The highest BCUT2D eigenvalue weighted by atomic mass is 16.5. The molecule has 1 aromatic rings. The summed E-state index contributed by atoms with van der Waals surface area (Å²) in [6.45, 7) is 10.1. The van der Waals surface area contributed by atoms with Crippen LogP contribution in [-0.2, 0) is 4.74 Å². The molecule has 6 heteroatoms. The normalized spacial score (nSPS) is 18.1. The molecule has 1 aliphatic rings. The van der Waals surface area contributed by atoms with Crippen molar-refractivity contribution in [2.75, 3.05) is 53.0 Å². The number of guanidine groups is 1. The molecule has 26 heavy (non-hydrogen) atoms. The molecule has 6 nitrogen and oxygen atoms in total. The molecular weight excluding hydrogens is 328 g/mol. The lowest BCUT2D eigenvalue weighted by Crippen LogP contribution is -2.41. The lowest BCUT2D eigenvalue weighted by molar-refractivity contribution is 0.142.